The van der Waals surface area contributed by atoms with Gasteiger partial charge in [0.25, 0.3) is 5.56 Å². The highest BCUT2D eigenvalue weighted by Crippen LogP contribution is 2.20. The first-order valence-electron chi connectivity index (χ1n) is 6.73. The molecule has 1 heterocycles. The maximum absolute atomic E-state index is 12.2. The number of benzene rings is 1. The number of carbonyl (C=O) groups is 1. The summed E-state index contributed by atoms with van der Waals surface area (Å²) in [5.74, 6) is 0.0315. The van der Waals surface area contributed by atoms with Crippen LogP contribution in [0, 0.1) is 0 Å². The van der Waals surface area contributed by atoms with Crippen molar-refractivity contribution in [2.75, 3.05) is 5.32 Å². The van der Waals surface area contributed by atoms with E-state index in [1.165, 1.54) is 6.92 Å². The molecule has 0 saturated carbocycles. The van der Waals surface area contributed by atoms with E-state index in [0.717, 1.165) is 10.1 Å². The number of H-pyrrole nitrogens is 1. The van der Waals surface area contributed by atoms with Crippen molar-refractivity contribution >= 4 is 27.5 Å². The molecule has 7 heteroatoms. The molecular formula is C15H16BrN3O3. The molecule has 0 spiro atoms. The minimum Gasteiger partial charge on any atom is -0.364 e. The van der Waals surface area contributed by atoms with E-state index in [4.69, 9.17) is 0 Å². The first-order chi connectivity index (χ1) is 10.4. The van der Waals surface area contributed by atoms with Crippen LogP contribution in [0.4, 0.5) is 5.82 Å². The predicted molar refractivity (Wildman–Crippen MR) is 88.2 cm³/mol. The lowest BCUT2D eigenvalue weighted by molar-refractivity contribution is -0.117. The summed E-state index contributed by atoms with van der Waals surface area (Å²) in [6.07, 6.45) is 0. The Kier molecular flexibility index (Phi) is 4.97. The Morgan fingerprint density at radius 3 is 2.55 bits per heavy atom. The van der Waals surface area contributed by atoms with Gasteiger partial charge in [0.05, 0.1) is 6.54 Å². The number of carbonyl (C=O) groups excluding carboxylic acids is 1. The lowest BCUT2D eigenvalue weighted by Crippen LogP contribution is -2.38. The molecule has 1 unspecified atom stereocenters. The van der Waals surface area contributed by atoms with Crippen molar-refractivity contribution in [1.82, 2.24) is 9.55 Å². The fourth-order valence-electron chi connectivity index (χ4n) is 2.05. The van der Waals surface area contributed by atoms with Gasteiger partial charge < -0.3 is 5.32 Å². The van der Waals surface area contributed by atoms with Crippen molar-refractivity contribution in [3.8, 4) is 0 Å². The van der Waals surface area contributed by atoms with Gasteiger partial charge in [0, 0.05) is 6.04 Å². The standard InChI is InChI=1S/C15H16BrN3O3/c1-9(20)8-19-14(21)12(16)13(18-15(19)22)17-10(2)11-6-4-3-5-7-11/h3-7,10,17H,8H2,1-2H3,(H,18,22). The minimum absolute atomic E-state index is 0.101. The summed E-state index contributed by atoms with van der Waals surface area (Å²) >= 11 is 3.18. The Morgan fingerprint density at radius 1 is 1.32 bits per heavy atom. The zero-order chi connectivity index (χ0) is 16.3. The Labute approximate surface area is 135 Å². The van der Waals surface area contributed by atoms with Gasteiger partial charge in [-0.15, -0.1) is 0 Å². The molecule has 0 bridgehead atoms. The quantitative estimate of drug-likeness (QED) is 0.849. The Morgan fingerprint density at radius 2 is 1.95 bits per heavy atom. The van der Waals surface area contributed by atoms with E-state index in [9.17, 15) is 14.4 Å². The van der Waals surface area contributed by atoms with Crippen LogP contribution in [0.3, 0.4) is 0 Å². The molecule has 2 aromatic rings. The van der Waals surface area contributed by atoms with E-state index in [0.29, 0.717) is 5.82 Å². The number of ketones is 1. The molecule has 0 aliphatic heterocycles. The number of hydrogen-bond donors (Lipinski definition) is 2. The molecule has 1 aromatic heterocycles. The topological polar surface area (TPSA) is 84.0 Å². The molecule has 0 saturated heterocycles. The smallest absolute Gasteiger partial charge is 0.330 e. The van der Waals surface area contributed by atoms with Crippen LogP contribution in [-0.2, 0) is 11.3 Å². The SMILES string of the molecule is CC(=O)Cn1c(=O)[nH]c(NC(C)c2ccccc2)c(Br)c1=O. The number of aromatic nitrogens is 2. The third-order valence-electron chi connectivity index (χ3n) is 3.17. The Bertz CT molecular complexity index is 796. The average molecular weight is 366 g/mol. The van der Waals surface area contributed by atoms with Gasteiger partial charge in [-0.3, -0.25) is 19.1 Å². The Balaban J connectivity index is 2.35. The Hall–Kier alpha value is -2.15. The number of hydrogen-bond acceptors (Lipinski definition) is 4. The third-order valence-corrected chi connectivity index (χ3v) is 3.91. The maximum Gasteiger partial charge on any atom is 0.330 e. The molecule has 0 aliphatic carbocycles. The summed E-state index contributed by atoms with van der Waals surface area (Å²) in [4.78, 5) is 37.9. The summed E-state index contributed by atoms with van der Waals surface area (Å²) in [5.41, 5.74) is -0.143. The molecule has 6 nitrogen and oxygen atoms in total. The van der Waals surface area contributed by atoms with Gasteiger partial charge in [-0.2, -0.15) is 0 Å². The minimum atomic E-state index is -0.619. The maximum atomic E-state index is 12.2. The van der Waals surface area contributed by atoms with E-state index < -0.39 is 11.2 Å². The fourth-order valence-corrected chi connectivity index (χ4v) is 2.48. The summed E-state index contributed by atoms with van der Waals surface area (Å²) < 4.78 is 1.06. The van der Waals surface area contributed by atoms with Crippen LogP contribution in [0.25, 0.3) is 0 Å². The van der Waals surface area contributed by atoms with E-state index in [2.05, 4.69) is 26.2 Å². The van der Waals surface area contributed by atoms with Crippen LogP contribution in [0.2, 0.25) is 0 Å². The normalized spacial score (nSPS) is 12.0. The fraction of sp³-hybridized carbons (Fsp3) is 0.267. The van der Waals surface area contributed by atoms with Crippen LogP contribution in [0.5, 0.6) is 0 Å². The van der Waals surface area contributed by atoms with E-state index >= 15 is 0 Å². The molecule has 0 aliphatic rings. The van der Waals surface area contributed by atoms with Gasteiger partial charge in [-0.05, 0) is 35.3 Å². The summed E-state index contributed by atoms with van der Waals surface area (Å²) in [6.45, 7) is 2.99. The summed E-state index contributed by atoms with van der Waals surface area (Å²) in [7, 11) is 0. The number of aromatic amines is 1. The first-order valence-corrected chi connectivity index (χ1v) is 7.53. The van der Waals surface area contributed by atoms with Gasteiger partial charge in [-0.25, -0.2) is 4.79 Å². The first kappa shape index (κ1) is 16.2. The summed E-state index contributed by atoms with van der Waals surface area (Å²) in [6, 6.07) is 9.53. The van der Waals surface area contributed by atoms with Crippen molar-refractivity contribution < 1.29 is 4.79 Å². The second kappa shape index (κ2) is 6.74. The van der Waals surface area contributed by atoms with Crippen molar-refractivity contribution in [1.29, 1.82) is 0 Å². The monoisotopic (exact) mass is 365 g/mol. The zero-order valence-electron chi connectivity index (χ0n) is 12.2. The molecule has 1 aromatic carbocycles. The van der Waals surface area contributed by atoms with Gasteiger partial charge in [0.2, 0.25) is 0 Å². The molecule has 22 heavy (non-hydrogen) atoms. The third kappa shape index (κ3) is 3.54. The molecule has 116 valence electrons. The lowest BCUT2D eigenvalue weighted by atomic mass is 10.1. The van der Waals surface area contributed by atoms with E-state index in [-0.39, 0.29) is 22.8 Å². The largest absolute Gasteiger partial charge is 0.364 e. The van der Waals surface area contributed by atoms with Gasteiger partial charge in [0.1, 0.15) is 16.1 Å². The molecule has 2 rings (SSSR count). The summed E-state index contributed by atoms with van der Waals surface area (Å²) in [5, 5.41) is 3.09. The second-order valence-electron chi connectivity index (χ2n) is 4.99. The molecular weight excluding hydrogens is 350 g/mol. The number of rotatable bonds is 5. The number of nitrogens with zero attached hydrogens (tertiary/aromatic N) is 1. The molecule has 1 atom stereocenters. The van der Waals surface area contributed by atoms with E-state index in [1.54, 1.807) is 0 Å². The highest BCUT2D eigenvalue weighted by molar-refractivity contribution is 9.10. The second-order valence-corrected chi connectivity index (χ2v) is 5.78. The van der Waals surface area contributed by atoms with Gasteiger partial charge >= 0.3 is 5.69 Å². The van der Waals surface area contributed by atoms with Gasteiger partial charge in [-0.1, -0.05) is 30.3 Å². The van der Waals surface area contributed by atoms with Crippen molar-refractivity contribution in [3.63, 3.8) is 0 Å². The van der Waals surface area contributed by atoms with Crippen molar-refractivity contribution in [2.45, 2.75) is 26.4 Å². The number of halogens is 1. The number of anilines is 1. The average Bonchev–Trinajstić information content (AvgIpc) is 2.49. The van der Waals surface area contributed by atoms with Crippen molar-refractivity contribution in [2.24, 2.45) is 0 Å². The molecule has 0 radical (unpaired) electrons. The number of Topliss-reactive ketones (excluding diaryl/α,β-unsaturated/α-hetero) is 1. The van der Waals surface area contributed by atoms with Crippen LogP contribution in [-0.4, -0.2) is 15.3 Å². The molecule has 0 fully saturated rings. The highest BCUT2D eigenvalue weighted by Gasteiger charge is 2.15. The predicted octanol–water partition coefficient (Wildman–Crippen LogP) is 2.06. The van der Waals surface area contributed by atoms with E-state index in [1.807, 2.05) is 37.3 Å². The van der Waals surface area contributed by atoms with Crippen LogP contribution < -0.4 is 16.6 Å². The zero-order valence-corrected chi connectivity index (χ0v) is 13.8. The van der Waals surface area contributed by atoms with Crippen molar-refractivity contribution in [3.05, 3.63) is 61.2 Å². The van der Waals surface area contributed by atoms with Gasteiger partial charge in [0.15, 0.2) is 0 Å². The highest BCUT2D eigenvalue weighted by atomic mass is 79.9. The molecule has 0 amide bonds. The van der Waals surface area contributed by atoms with Crippen LogP contribution in [0.15, 0.2) is 44.4 Å². The van der Waals surface area contributed by atoms with Crippen LogP contribution in [0.1, 0.15) is 25.5 Å². The van der Waals surface area contributed by atoms with Crippen LogP contribution >= 0.6 is 15.9 Å². The molecule has 2 N–H and O–H groups in total. The lowest BCUT2D eigenvalue weighted by Gasteiger charge is -2.16. The number of nitrogens with one attached hydrogen (secondary N) is 2.